The molecule has 0 saturated heterocycles. The van der Waals surface area contributed by atoms with Crippen LogP contribution in [0, 0.1) is 5.92 Å². The molecule has 1 aliphatic carbocycles. The van der Waals surface area contributed by atoms with Crippen molar-refractivity contribution in [2.45, 2.75) is 38.4 Å². The average molecular weight is 263 g/mol. The van der Waals surface area contributed by atoms with Crippen LogP contribution in [-0.4, -0.2) is 29.8 Å². The molecular weight excluding hydrogens is 242 g/mol. The average Bonchev–Trinajstić information content (AvgIpc) is 3.27. The molecule has 4 heteroatoms. The highest BCUT2D eigenvalue weighted by Gasteiger charge is 2.30. The lowest BCUT2D eigenvalue weighted by molar-refractivity contribution is -0.128. The monoisotopic (exact) mass is 263 g/mol. The lowest BCUT2D eigenvalue weighted by Crippen LogP contribution is -2.41. The van der Waals surface area contributed by atoms with Crippen LogP contribution in [0.2, 0.25) is 0 Å². The molecule has 1 aliphatic rings. The van der Waals surface area contributed by atoms with Gasteiger partial charge in [-0.25, -0.2) is 0 Å². The van der Waals surface area contributed by atoms with Crippen molar-refractivity contribution >= 4 is 5.91 Å². The Hall–Kier alpha value is -1.55. The number of hydrogen-bond acceptors (Lipinski definition) is 3. The summed E-state index contributed by atoms with van der Waals surface area (Å²) in [6.45, 7) is 2.22. The van der Waals surface area contributed by atoms with Gasteiger partial charge in [-0.05, 0) is 37.3 Å². The van der Waals surface area contributed by atoms with E-state index in [4.69, 9.17) is 4.74 Å². The van der Waals surface area contributed by atoms with Crippen molar-refractivity contribution in [3.05, 3.63) is 30.3 Å². The van der Waals surface area contributed by atoms with E-state index in [1.165, 1.54) is 0 Å². The quantitative estimate of drug-likeness (QED) is 0.787. The van der Waals surface area contributed by atoms with Gasteiger partial charge in [0.05, 0.1) is 6.10 Å². The molecule has 4 nitrogen and oxygen atoms in total. The van der Waals surface area contributed by atoms with Crippen molar-refractivity contribution < 1.29 is 14.6 Å². The SMILES string of the molecule is CCC(Oc1ccccc1)C(=O)NCC(O)C1CC1. The fourth-order valence-electron chi connectivity index (χ4n) is 1.95. The fraction of sp³-hybridized carbons (Fsp3) is 0.533. The van der Waals surface area contributed by atoms with Crippen LogP contribution in [0.4, 0.5) is 0 Å². The van der Waals surface area contributed by atoms with Crippen LogP contribution in [0.25, 0.3) is 0 Å². The molecule has 0 spiro atoms. The molecule has 0 aliphatic heterocycles. The Kier molecular flexibility index (Phi) is 4.80. The predicted molar refractivity (Wildman–Crippen MR) is 72.9 cm³/mol. The zero-order valence-corrected chi connectivity index (χ0v) is 11.2. The van der Waals surface area contributed by atoms with Crippen LogP contribution < -0.4 is 10.1 Å². The summed E-state index contributed by atoms with van der Waals surface area (Å²) < 4.78 is 5.64. The molecule has 0 aromatic heterocycles. The minimum atomic E-state index is -0.506. The molecule has 1 saturated carbocycles. The van der Waals surface area contributed by atoms with Crippen molar-refractivity contribution in [2.24, 2.45) is 5.92 Å². The Balaban J connectivity index is 1.80. The zero-order valence-electron chi connectivity index (χ0n) is 11.2. The highest BCUT2D eigenvalue weighted by Crippen LogP contribution is 2.32. The summed E-state index contributed by atoms with van der Waals surface area (Å²) in [6.07, 6.45) is 1.80. The second kappa shape index (κ2) is 6.57. The first-order valence-electron chi connectivity index (χ1n) is 6.88. The minimum Gasteiger partial charge on any atom is -0.481 e. The third kappa shape index (κ3) is 4.24. The smallest absolute Gasteiger partial charge is 0.261 e. The number of rotatable bonds is 7. The van der Waals surface area contributed by atoms with Gasteiger partial charge in [0.2, 0.25) is 0 Å². The van der Waals surface area contributed by atoms with Crippen LogP contribution in [0.1, 0.15) is 26.2 Å². The highest BCUT2D eigenvalue weighted by atomic mass is 16.5. The van der Waals surface area contributed by atoms with Crippen molar-refractivity contribution in [1.29, 1.82) is 0 Å². The molecule has 0 radical (unpaired) electrons. The number of hydrogen-bond donors (Lipinski definition) is 2. The first kappa shape index (κ1) is 13.9. The fourth-order valence-corrected chi connectivity index (χ4v) is 1.95. The van der Waals surface area contributed by atoms with Gasteiger partial charge in [0.15, 0.2) is 6.10 Å². The van der Waals surface area contributed by atoms with Crippen molar-refractivity contribution in [1.82, 2.24) is 5.32 Å². The maximum Gasteiger partial charge on any atom is 0.261 e. The molecule has 1 aromatic rings. The van der Waals surface area contributed by atoms with E-state index in [0.717, 1.165) is 12.8 Å². The van der Waals surface area contributed by atoms with Crippen LogP contribution >= 0.6 is 0 Å². The molecule has 0 heterocycles. The van der Waals surface area contributed by atoms with Gasteiger partial charge in [-0.1, -0.05) is 25.1 Å². The highest BCUT2D eigenvalue weighted by molar-refractivity contribution is 5.81. The number of ether oxygens (including phenoxy) is 1. The number of carbonyl (C=O) groups is 1. The van der Waals surface area contributed by atoms with E-state index < -0.39 is 12.2 Å². The molecule has 1 aromatic carbocycles. The van der Waals surface area contributed by atoms with E-state index in [9.17, 15) is 9.90 Å². The molecule has 104 valence electrons. The summed E-state index contributed by atoms with van der Waals surface area (Å²) in [6, 6.07) is 9.30. The van der Waals surface area contributed by atoms with Crippen LogP contribution in [0.5, 0.6) is 5.75 Å². The van der Waals surface area contributed by atoms with Crippen LogP contribution in [0.15, 0.2) is 30.3 Å². The van der Waals surface area contributed by atoms with Gasteiger partial charge in [0, 0.05) is 6.54 Å². The van der Waals surface area contributed by atoms with Crippen LogP contribution in [-0.2, 0) is 4.79 Å². The molecule has 2 N–H and O–H groups in total. The molecule has 0 bridgehead atoms. The lowest BCUT2D eigenvalue weighted by atomic mass is 10.2. The summed E-state index contributed by atoms with van der Waals surface area (Å²) in [5, 5.41) is 12.5. The summed E-state index contributed by atoms with van der Waals surface area (Å²) in [4.78, 5) is 12.0. The first-order valence-corrected chi connectivity index (χ1v) is 6.88. The normalized spacial score (nSPS) is 17.6. The summed E-state index contributed by atoms with van der Waals surface area (Å²) in [5.74, 6) is 0.897. The first-order chi connectivity index (χ1) is 9.20. The molecule has 1 fully saturated rings. The Morgan fingerprint density at radius 1 is 1.42 bits per heavy atom. The second-order valence-electron chi connectivity index (χ2n) is 4.98. The van der Waals surface area contributed by atoms with E-state index in [1.807, 2.05) is 37.3 Å². The topological polar surface area (TPSA) is 58.6 Å². The van der Waals surface area contributed by atoms with Gasteiger partial charge in [-0.2, -0.15) is 0 Å². The van der Waals surface area contributed by atoms with Gasteiger partial charge >= 0.3 is 0 Å². The molecule has 2 rings (SSSR count). The maximum atomic E-state index is 12.0. The Morgan fingerprint density at radius 3 is 2.68 bits per heavy atom. The van der Waals surface area contributed by atoms with Crippen molar-refractivity contribution in [3.8, 4) is 5.75 Å². The van der Waals surface area contributed by atoms with Gasteiger partial charge < -0.3 is 15.2 Å². The third-order valence-electron chi connectivity index (χ3n) is 3.34. The maximum absolute atomic E-state index is 12.0. The van der Waals surface area contributed by atoms with E-state index in [0.29, 0.717) is 24.6 Å². The van der Waals surface area contributed by atoms with Gasteiger partial charge in [-0.15, -0.1) is 0 Å². The molecular formula is C15H21NO3. The summed E-state index contributed by atoms with van der Waals surface area (Å²) >= 11 is 0. The number of aliphatic hydroxyl groups is 1. The molecule has 19 heavy (non-hydrogen) atoms. The molecule has 1 amide bonds. The summed E-state index contributed by atoms with van der Waals surface area (Å²) in [7, 11) is 0. The Bertz CT molecular complexity index is 403. The number of benzene rings is 1. The number of nitrogens with one attached hydrogen (secondary N) is 1. The van der Waals surface area contributed by atoms with Crippen LogP contribution in [0.3, 0.4) is 0 Å². The third-order valence-corrected chi connectivity index (χ3v) is 3.34. The Labute approximate surface area is 113 Å². The van der Waals surface area contributed by atoms with E-state index in [2.05, 4.69) is 5.32 Å². The van der Waals surface area contributed by atoms with Gasteiger partial charge in [0.25, 0.3) is 5.91 Å². The standard InChI is InChI=1S/C15H21NO3/c1-2-14(19-12-6-4-3-5-7-12)15(18)16-10-13(17)11-8-9-11/h3-7,11,13-14,17H,2,8-10H2,1H3,(H,16,18). The predicted octanol–water partition coefficient (Wildman–Crippen LogP) is 1.73. The largest absolute Gasteiger partial charge is 0.481 e. The number of aliphatic hydroxyl groups excluding tert-OH is 1. The lowest BCUT2D eigenvalue weighted by Gasteiger charge is -2.18. The number of amides is 1. The molecule has 2 atom stereocenters. The second-order valence-corrected chi connectivity index (χ2v) is 4.98. The zero-order chi connectivity index (χ0) is 13.7. The molecule has 2 unspecified atom stereocenters. The van der Waals surface area contributed by atoms with Gasteiger partial charge in [-0.3, -0.25) is 4.79 Å². The van der Waals surface area contributed by atoms with Crippen molar-refractivity contribution in [3.63, 3.8) is 0 Å². The van der Waals surface area contributed by atoms with E-state index >= 15 is 0 Å². The Morgan fingerprint density at radius 2 is 2.11 bits per heavy atom. The van der Waals surface area contributed by atoms with Crippen molar-refractivity contribution in [2.75, 3.05) is 6.54 Å². The van der Waals surface area contributed by atoms with Gasteiger partial charge in [0.1, 0.15) is 5.75 Å². The number of carbonyl (C=O) groups excluding carboxylic acids is 1. The number of para-hydroxylation sites is 1. The van der Waals surface area contributed by atoms with E-state index in [-0.39, 0.29) is 5.91 Å². The minimum absolute atomic E-state index is 0.161. The van der Waals surface area contributed by atoms with E-state index in [1.54, 1.807) is 0 Å². The summed E-state index contributed by atoms with van der Waals surface area (Å²) in [5.41, 5.74) is 0.